The fourth-order valence-electron chi connectivity index (χ4n) is 3.00. The monoisotopic (exact) mass is 365 g/mol. The van der Waals surface area contributed by atoms with Gasteiger partial charge in [-0.3, -0.25) is 4.79 Å². The van der Waals surface area contributed by atoms with E-state index >= 15 is 0 Å². The van der Waals surface area contributed by atoms with E-state index in [-0.39, 0.29) is 11.9 Å². The average molecular weight is 365 g/mol. The van der Waals surface area contributed by atoms with Crippen LogP contribution < -0.4 is 9.47 Å². The molecule has 1 unspecified atom stereocenters. The standard InChI is InChI=1S/C19H27NO6/c1-4-25-17-10-14(5-6-16(17)26-12-18(21)22)19(23)20-7-8-24-11-15(20)9-13(2)3/h5-6,10,13,15H,4,7-9,11-12H2,1-3H3,(H,21,22). The lowest BCUT2D eigenvalue weighted by Gasteiger charge is -2.36. The van der Waals surface area contributed by atoms with Crippen molar-refractivity contribution in [3.8, 4) is 11.5 Å². The van der Waals surface area contributed by atoms with Crippen LogP contribution >= 0.6 is 0 Å². The minimum absolute atomic E-state index is 0.0507. The van der Waals surface area contributed by atoms with Crippen LogP contribution in [0.15, 0.2) is 18.2 Å². The molecule has 1 heterocycles. The number of carboxylic acid groups (broad SMARTS) is 1. The molecule has 1 aromatic rings. The summed E-state index contributed by atoms with van der Waals surface area (Å²) in [5, 5.41) is 8.77. The SMILES string of the molecule is CCOc1cc(C(=O)N2CCOCC2CC(C)C)ccc1OCC(=O)O. The number of aliphatic carboxylic acids is 1. The summed E-state index contributed by atoms with van der Waals surface area (Å²) in [7, 11) is 0. The molecule has 1 amide bonds. The van der Waals surface area contributed by atoms with Gasteiger partial charge in [0.05, 0.1) is 25.9 Å². The van der Waals surface area contributed by atoms with Gasteiger partial charge < -0.3 is 24.2 Å². The molecule has 0 radical (unpaired) electrons. The maximum absolute atomic E-state index is 13.0. The number of hydrogen-bond donors (Lipinski definition) is 1. The van der Waals surface area contributed by atoms with Crippen molar-refractivity contribution in [2.45, 2.75) is 33.2 Å². The quantitative estimate of drug-likeness (QED) is 0.762. The molecule has 0 aliphatic carbocycles. The van der Waals surface area contributed by atoms with Gasteiger partial charge in [-0.15, -0.1) is 0 Å². The van der Waals surface area contributed by atoms with Crippen LogP contribution in [0.2, 0.25) is 0 Å². The van der Waals surface area contributed by atoms with E-state index in [1.54, 1.807) is 18.2 Å². The van der Waals surface area contributed by atoms with E-state index < -0.39 is 12.6 Å². The lowest BCUT2D eigenvalue weighted by molar-refractivity contribution is -0.139. The maximum Gasteiger partial charge on any atom is 0.341 e. The molecule has 0 spiro atoms. The van der Waals surface area contributed by atoms with Gasteiger partial charge in [-0.1, -0.05) is 13.8 Å². The predicted octanol–water partition coefficient (Wildman–Crippen LogP) is 2.44. The third kappa shape index (κ3) is 5.36. The molecule has 0 saturated carbocycles. The van der Waals surface area contributed by atoms with Crippen molar-refractivity contribution in [3.63, 3.8) is 0 Å². The van der Waals surface area contributed by atoms with Gasteiger partial charge in [0.25, 0.3) is 5.91 Å². The Kier molecular flexibility index (Phi) is 7.26. The number of hydrogen-bond acceptors (Lipinski definition) is 5. The van der Waals surface area contributed by atoms with Crippen LogP contribution in [0.3, 0.4) is 0 Å². The van der Waals surface area contributed by atoms with E-state index in [0.717, 1.165) is 6.42 Å². The molecule has 1 N–H and O–H groups in total. The summed E-state index contributed by atoms with van der Waals surface area (Å²) in [6.45, 7) is 7.61. The summed E-state index contributed by atoms with van der Waals surface area (Å²) < 4.78 is 16.3. The lowest BCUT2D eigenvalue weighted by atomic mass is 10.0. The molecule has 26 heavy (non-hydrogen) atoms. The Morgan fingerprint density at radius 3 is 2.73 bits per heavy atom. The van der Waals surface area contributed by atoms with E-state index in [4.69, 9.17) is 19.3 Å². The summed E-state index contributed by atoms with van der Waals surface area (Å²) in [4.78, 5) is 25.6. The average Bonchev–Trinajstić information content (AvgIpc) is 2.60. The summed E-state index contributed by atoms with van der Waals surface area (Å²) in [5.74, 6) is -0.00955. The largest absolute Gasteiger partial charge is 0.490 e. The first-order valence-electron chi connectivity index (χ1n) is 8.92. The van der Waals surface area contributed by atoms with Crippen molar-refractivity contribution in [1.82, 2.24) is 4.90 Å². The normalized spacial score (nSPS) is 17.2. The Hall–Kier alpha value is -2.28. The number of amides is 1. The van der Waals surface area contributed by atoms with E-state index in [2.05, 4.69) is 13.8 Å². The predicted molar refractivity (Wildman–Crippen MR) is 95.8 cm³/mol. The molecule has 2 rings (SSSR count). The molecular weight excluding hydrogens is 338 g/mol. The van der Waals surface area contributed by atoms with Gasteiger partial charge in [0.2, 0.25) is 0 Å². The zero-order valence-corrected chi connectivity index (χ0v) is 15.6. The van der Waals surface area contributed by atoms with Crippen molar-refractivity contribution < 1.29 is 28.9 Å². The van der Waals surface area contributed by atoms with Gasteiger partial charge in [-0.2, -0.15) is 0 Å². The van der Waals surface area contributed by atoms with Crippen molar-refractivity contribution in [2.75, 3.05) is 33.0 Å². The van der Waals surface area contributed by atoms with Gasteiger partial charge >= 0.3 is 5.97 Å². The molecule has 0 aromatic heterocycles. The molecule has 7 heteroatoms. The van der Waals surface area contributed by atoms with Crippen LogP contribution in [-0.4, -0.2) is 60.9 Å². The van der Waals surface area contributed by atoms with E-state index in [0.29, 0.717) is 49.3 Å². The maximum atomic E-state index is 13.0. The van der Waals surface area contributed by atoms with Crippen molar-refractivity contribution in [2.24, 2.45) is 5.92 Å². The van der Waals surface area contributed by atoms with Crippen LogP contribution in [0.5, 0.6) is 11.5 Å². The van der Waals surface area contributed by atoms with E-state index in [1.807, 2.05) is 11.8 Å². The Morgan fingerprint density at radius 2 is 2.08 bits per heavy atom. The molecule has 7 nitrogen and oxygen atoms in total. The first kappa shape index (κ1) is 20.0. The number of rotatable bonds is 8. The topological polar surface area (TPSA) is 85.3 Å². The fourth-order valence-corrected chi connectivity index (χ4v) is 3.00. The third-order valence-corrected chi connectivity index (χ3v) is 4.07. The third-order valence-electron chi connectivity index (χ3n) is 4.07. The molecular formula is C19H27NO6. The van der Waals surface area contributed by atoms with Gasteiger partial charge in [0.15, 0.2) is 18.1 Å². The van der Waals surface area contributed by atoms with Crippen molar-refractivity contribution in [3.05, 3.63) is 23.8 Å². The number of benzene rings is 1. The second-order valence-corrected chi connectivity index (χ2v) is 6.63. The number of carboxylic acids is 1. The summed E-state index contributed by atoms with van der Waals surface area (Å²) >= 11 is 0. The van der Waals surface area contributed by atoms with Gasteiger partial charge in [-0.25, -0.2) is 4.79 Å². The van der Waals surface area contributed by atoms with Gasteiger partial charge in [-0.05, 0) is 37.5 Å². The van der Waals surface area contributed by atoms with Crippen LogP contribution in [0, 0.1) is 5.92 Å². The van der Waals surface area contributed by atoms with Crippen LogP contribution in [0.25, 0.3) is 0 Å². The molecule has 1 aliphatic rings. The minimum atomic E-state index is -1.07. The molecule has 144 valence electrons. The number of carbonyl (C=O) groups is 2. The van der Waals surface area contributed by atoms with Crippen LogP contribution in [-0.2, 0) is 9.53 Å². The highest BCUT2D eigenvalue weighted by Gasteiger charge is 2.29. The highest BCUT2D eigenvalue weighted by Crippen LogP contribution is 2.30. The van der Waals surface area contributed by atoms with E-state index in [9.17, 15) is 9.59 Å². The first-order chi connectivity index (χ1) is 12.4. The first-order valence-corrected chi connectivity index (χ1v) is 8.92. The van der Waals surface area contributed by atoms with Crippen LogP contribution in [0.4, 0.5) is 0 Å². The number of morpholine rings is 1. The molecule has 1 atom stereocenters. The number of ether oxygens (including phenoxy) is 3. The lowest BCUT2D eigenvalue weighted by Crippen LogP contribution is -2.49. The number of carbonyl (C=O) groups excluding carboxylic acids is 1. The summed E-state index contributed by atoms with van der Waals surface area (Å²) in [5.41, 5.74) is 0.492. The van der Waals surface area contributed by atoms with Gasteiger partial charge in [0.1, 0.15) is 0 Å². The van der Waals surface area contributed by atoms with Crippen LogP contribution in [0.1, 0.15) is 37.6 Å². The number of nitrogens with zero attached hydrogens (tertiary/aromatic N) is 1. The summed E-state index contributed by atoms with van der Waals surface area (Å²) in [6, 6.07) is 4.89. The molecule has 1 fully saturated rings. The molecule has 1 aromatic carbocycles. The Labute approximate surface area is 153 Å². The van der Waals surface area contributed by atoms with Crippen molar-refractivity contribution >= 4 is 11.9 Å². The molecule has 0 bridgehead atoms. The van der Waals surface area contributed by atoms with Crippen molar-refractivity contribution in [1.29, 1.82) is 0 Å². The zero-order valence-electron chi connectivity index (χ0n) is 15.6. The molecule has 1 aliphatic heterocycles. The second kappa shape index (κ2) is 9.43. The minimum Gasteiger partial charge on any atom is -0.490 e. The second-order valence-electron chi connectivity index (χ2n) is 6.63. The van der Waals surface area contributed by atoms with E-state index in [1.165, 1.54) is 0 Å². The zero-order chi connectivity index (χ0) is 19.1. The Bertz CT molecular complexity index is 630. The fraction of sp³-hybridized carbons (Fsp3) is 0.579. The summed E-state index contributed by atoms with van der Waals surface area (Å²) in [6.07, 6.45) is 0.879. The highest BCUT2D eigenvalue weighted by atomic mass is 16.5. The Balaban J connectivity index is 2.21. The van der Waals surface area contributed by atoms with Gasteiger partial charge in [0, 0.05) is 12.1 Å². The smallest absolute Gasteiger partial charge is 0.341 e. The molecule has 1 saturated heterocycles. The Morgan fingerprint density at radius 1 is 1.31 bits per heavy atom. The highest BCUT2D eigenvalue weighted by molar-refractivity contribution is 5.95.